The third-order valence-corrected chi connectivity index (χ3v) is 3.68. The standard InChI is InChI=1S/C17H11ClO4/c1-9-4-2-5-10(8-9)16-14(17(20)21)15(19)13-11(18)6-3-7-12(13)22-16/h2-8H,1H3,(H,20,21). The van der Waals surface area contributed by atoms with Crippen molar-refractivity contribution in [3.8, 4) is 11.3 Å². The van der Waals surface area contributed by atoms with E-state index in [1.807, 2.05) is 13.0 Å². The van der Waals surface area contributed by atoms with Crippen LogP contribution in [-0.2, 0) is 0 Å². The summed E-state index contributed by atoms with van der Waals surface area (Å²) < 4.78 is 5.69. The highest BCUT2D eigenvalue weighted by Crippen LogP contribution is 2.29. The van der Waals surface area contributed by atoms with Gasteiger partial charge in [-0.1, -0.05) is 41.4 Å². The van der Waals surface area contributed by atoms with E-state index in [0.717, 1.165) is 5.56 Å². The number of hydrogen-bond donors (Lipinski definition) is 1. The van der Waals surface area contributed by atoms with Crippen LogP contribution in [0.2, 0.25) is 5.02 Å². The highest BCUT2D eigenvalue weighted by Gasteiger charge is 2.22. The van der Waals surface area contributed by atoms with Crippen molar-refractivity contribution >= 4 is 28.5 Å². The molecule has 2 aromatic carbocycles. The van der Waals surface area contributed by atoms with E-state index in [1.54, 1.807) is 30.3 Å². The first-order chi connectivity index (χ1) is 10.5. The summed E-state index contributed by atoms with van der Waals surface area (Å²) in [5.74, 6) is -1.30. The largest absolute Gasteiger partial charge is 0.477 e. The molecule has 0 saturated heterocycles. The molecule has 22 heavy (non-hydrogen) atoms. The molecule has 0 unspecified atom stereocenters. The summed E-state index contributed by atoms with van der Waals surface area (Å²) >= 11 is 6.01. The molecule has 110 valence electrons. The van der Waals surface area contributed by atoms with Crippen LogP contribution < -0.4 is 5.43 Å². The first-order valence-corrected chi connectivity index (χ1v) is 6.92. The summed E-state index contributed by atoms with van der Waals surface area (Å²) in [5.41, 5.74) is 0.681. The highest BCUT2D eigenvalue weighted by molar-refractivity contribution is 6.35. The van der Waals surface area contributed by atoms with E-state index in [4.69, 9.17) is 16.0 Å². The number of carboxylic acids is 1. The smallest absolute Gasteiger partial charge is 0.343 e. The Bertz CT molecular complexity index is 957. The fraction of sp³-hybridized carbons (Fsp3) is 0.0588. The Morgan fingerprint density at radius 2 is 1.91 bits per heavy atom. The van der Waals surface area contributed by atoms with Crippen molar-refractivity contribution in [2.24, 2.45) is 0 Å². The summed E-state index contributed by atoms with van der Waals surface area (Å²) in [5, 5.41) is 9.68. The lowest BCUT2D eigenvalue weighted by Crippen LogP contribution is -2.16. The molecule has 0 spiro atoms. The Morgan fingerprint density at radius 1 is 1.18 bits per heavy atom. The van der Waals surface area contributed by atoms with Crippen molar-refractivity contribution in [3.63, 3.8) is 0 Å². The minimum absolute atomic E-state index is 0.0379. The van der Waals surface area contributed by atoms with E-state index in [0.29, 0.717) is 5.56 Å². The fourth-order valence-electron chi connectivity index (χ4n) is 2.38. The lowest BCUT2D eigenvalue weighted by molar-refractivity contribution is 0.0694. The Kier molecular flexibility index (Phi) is 3.47. The second-order valence-electron chi connectivity index (χ2n) is 4.92. The van der Waals surface area contributed by atoms with Gasteiger partial charge in [0.05, 0.1) is 10.4 Å². The molecule has 3 rings (SSSR count). The second-order valence-corrected chi connectivity index (χ2v) is 5.33. The summed E-state index contributed by atoms with van der Waals surface area (Å²) in [7, 11) is 0. The van der Waals surface area contributed by atoms with Crippen LogP contribution in [0.5, 0.6) is 0 Å². The molecule has 1 aromatic heterocycles. The Hall–Kier alpha value is -2.59. The number of carbonyl (C=O) groups is 1. The van der Waals surface area contributed by atoms with Crippen LogP contribution in [-0.4, -0.2) is 11.1 Å². The predicted octanol–water partition coefficient (Wildman–Crippen LogP) is 4.12. The molecule has 0 aliphatic heterocycles. The number of hydrogen-bond acceptors (Lipinski definition) is 3. The van der Waals surface area contributed by atoms with E-state index in [-0.39, 0.29) is 21.8 Å². The second kappa shape index (κ2) is 5.31. The van der Waals surface area contributed by atoms with Gasteiger partial charge in [0.2, 0.25) is 5.43 Å². The predicted molar refractivity (Wildman–Crippen MR) is 84.6 cm³/mol. The van der Waals surface area contributed by atoms with Gasteiger partial charge in [-0.05, 0) is 25.1 Å². The molecule has 1 N–H and O–H groups in total. The number of fused-ring (bicyclic) bond motifs is 1. The molecular weight excluding hydrogens is 304 g/mol. The minimum atomic E-state index is -1.34. The first kappa shape index (κ1) is 14.4. The third-order valence-electron chi connectivity index (χ3n) is 3.36. The number of aryl methyl sites for hydroxylation is 1. The van der Waals surface area contributed by atoms with Gasteiger partial charge in [-0.15, -0.1) is 0 Å². The van der Waals surface area contributed by atoms with E-state index < -0.39 is 17.0 Å². The van der Waals surface area contributed by atoms with Crippen molar-refractivity contribution in [1.82, 2.24) is 0 Å². The molecule has 0 fully saturated rings. The minimum Gasteiger partial charge on any atom is -0.477 e. The first-order valence-electron chi connectivity index (χ1n) is 6.54. The number of benzene rings is 2. The van der Waals surface area contributed by atoms with E-state index in [1.165, 1.54) is 6.07 Å². The molecule has 0 saturated carbocycles. The van der Waals surface area contributed by atoms with Gasteiger partial charge in [-0.3, -0.25) is 4.79 Å². The zero-order chi connectivity index (χ0) is 15.9. The zero-order valence-corrected chi connectivity index (χ0v) is 12.3. The van der Waals surface area contributed by atoms with Gasteiger partial charge >= 0.3 is 5.97 Å². The third kappa shape index (κ3) is 2.27. The van der Waals surface area contributed by atoms with Gasteiger partial charge in [0.25, 0.3) is 0 Å². The van der Waals surface area contributed by atoms with Crippen LogP contribution in [0.25, 0.3) is 22.3 Å². The maximum Gasteiger partial charge on any atom is 0.343 e. The van der Waals surface area contributed by atoms with Crippen molar-refractivity contribution in [2.75, 3.05) is 0 Å². The molecule has 3 aromatic rings. The van der Waals surface area contributed by atoms with Crippen molar-refractivity contribution in [2.45, 2.75) is 6.92 Å². The number of carboxylic acid groups (broad SMARTS) is 1. The SMILES string of the molecule is Cc1cccc(-c2oc3cccc(Cl)c3c(=O)c2C(=O)O)c1. The molecule has 0 aliphatic rings. The zero-order valence-electron chi connectivity index (χ0n) is 11.6. The molecule has 0 amide bonds. The summed E-state index contributed by atoms with van der Waals surface area (Å²) in [6, 6.07) is 11.9. The molecule has 0 aliphatic carbocycles. The molecule has 4 nitrogen and oxygen atoms in total. The molecule has 0 radical (unpaired) electrons. The van der Waals surface area contributed by atoms with E-state index in [2.05, 4.69) is 0 Å². The fourth-order valence-corrected chi connectivity index (χ4v) is 2.63. The number of halogens is 1. The number of rotatable bonds is 2. The van der Waals surface area contributed by atoms with Crippen LogP contribution in [0.3, 0.4) is 0 Å². The van der Waals surface area contributed by atoms with Crippen molar-refractivity contribution in [1.29, 1.82) is 0 Å². The van der Waals surface area contributed by atoms with Gasteiger partial charge < -0.3 is 9.52 Å². The summed E-state index contributed by atoms with van der Waals surface area (Å²) in [6.45, 7) is 1.87. The van der Waals surface area contributed by atoms with Gasteiger partial charge in [0.1, 0.15) is 5.58 Å². The average Bonchev–Trinajstić information content (AvgIpc) is 2.46. The molecule has 1 heterocycles. The summed E-state index contributed by atoms with van der Waals surface area (Å²) in [4.78, 5) is 24.1. The summed E-state index contributed by atoms with van der Waals surface area (Å²) in [6.07, 6.45) is 0. The van der Waals surface area contributed by atoms with Gasteiger partial charge in [0, 0.05) is 5.56 Å². The molecule has 0 atom stereocenters. The topological polar surface area (TPSA) is 67.5 Å². The van der Waals surface area contributed by atoms with Crippen molar-refractivity contribution in [3.05, 3.63) is 68.8 Å². The monoisotopic (exact) mass is 314 g/mol. The maximum atomic E-state index is 12.5. The van der Waals surface area contributed by atoms with Crippen LogP contribution in [0.15, 0.2) is 51.7 Å². The molecular formula is C17H11ClO4. The lowest BCUT2D eigenvalue weighted by Gasteiger charge is -2.08. The Balaban J connectivity index is 2.47. The van der Waals surface area contributed by atoms with Crippen LogP contribution in [0, 0.1) is 6.92 Å². The number of aromatic carboxylic acids is 1. The van der Waals surface area contributed by atoms with Gasteiger partial charge in [-0.2, -0.15) is 0 Å². The van der Waals surface area contributed by atoms with E-state index in [9.17, 15) is 14.7 Å². The van der Waals surface area contributed by atoms with Crippen LogP contribution >= 0.6 is 11.6 Å². The quantitative estimate of drug-likeness (QED) is 0.772. The highest BCUT2D eigenvalue weighted by atomic mass is 35.5. The van der Waals surface area contributed by atoms with Crippen molar-refractivity contribution < 1.29 is 14.3 Å². The molecule has 5 heteroatoms. The van der Waals surface area contributed by atoms with E-state index >= 15 is 0 Å². The van der Waals surface area contributed by atoms with Gasteiger partial charge in [-0.25, -0.2) is 4.79 Å². The average molecular weight is 315 g/mol. The van der Waals surface area contributed by atoms with Gasteiger partial charge in [0.15, 0.2) is 11.3 Å². The normalized spacial score (nSPS) is 10.8. The molecule has 0 bridgehead atoms. The van der Waals surface area contributed by atoms with Crippen LogP contribution in [0.1, 0.15) is 15.9 Å². The Morgan fingerprint density at radius 3 is 2.59 bits per heavy atom. The lowest BCUT2D eigenvalue weighted by atomic mass is 10.0. The Labute approximate surface area is 130 Å². The van der Waals surface area contributed by atoms with Crippen LogP contribution in [0.4, 0.5) is 0 Å². The maximum absolute atomic E-state index is 12.5.